The Morgan fingerprint density at radius 1 is 0.741 bits per heavy atom. The highest BCUT2D eigenvalue weighted by Crippen LogP contribution is 2.22. The van der Waals surface area contributed by atoms with E-state index in [0.29, 0.717) is 12.2 Å². The molecule has 27 heavy (non-hydrogen) atoms. The standard InChI is InChI=1S/C24H24O3/c25-23(21-14-8-3-9-15-21)24(26)22(17-16-19-10-4-1-5-11-19)27-18-20-12-6-2-7-13-20/h1-17,22-26H,18H2/b17-16+/t22-,23+,24-/m1/s1. The molecule has 138 valence electrons. The summed E-state index contributed by atoms with van der Waals surface area (Å²) in [6.07, 6.45) is 0.926. The first-order valence-corrected chi connectivity index (χ1v) is 9.04. The third-order valence-corrected chi connectivity index (χ3v) is 4.36. The smallest absolute Gasteiger partial charge is 0.114 e. The van der Waals surface area contributed by atoms with Gasteiger partial charge in [-0.3, -0.25) is 0 Å². The predicted molar refractivity (Wildman–Crippen MR) is 108 cm³/mol. The number of hydrogen-bond acceptors (Lipinski definition) is 3. The average molecular weight is 360 g/mol. The summed E-state index contributed by atoms with van der Waals surface area (Å²) in [7, 11) is 0. The minimum Gasteiger partial charge on any atom is -0.387 e. The first-order chi connectivity index (χ1) is 13.2. The van der Waals surface area contributed by atoms with Gasteiger partial charge in [-0.2, -0.15) is 0 Å². The molecule has 0 unspecified atom stereocenters. The summed E-state index contributed by atoms with van der Waals surface area (Å²) in [6.45, 7) is 0.350. The normalized spacial score (nSPS) is 14.7. The minimum absolute atomic E-state index is 0.350. The highest BCUT2D eigenvalue weighted by atomic mass is 16.5. The van der Waals surface area contributed by atoms with Gasteiger partial charge in [0.2, 0.25) is 0 Å². The third-order valence-electron chi connectivity index (χ3n) is 4.36. The summed E-state index contributed by atoms with van der Waals surface area (Å²) >= 11 is 0. The zero-order valence-corrected chi connectivity index (χ0v) is 15.1. The largest absolute Gasteiger partial charge is 0.387 e. The maximum absolute atomic E-state index is 10.8. The van der Waals surface area contributed by atoms with Crippen LogP contribution in [0.4, 0.5) is 0 Å². The van der Waals surface area contributed by atoms with Crippen LogP contribution >= 0.6 is 0 Å². The molecule has 0 bridgehead atoms. The molecule has 0 heterocycles. The number of aliphatic hydroxyl groups excluding tert-OH is 2. The molecular formula is C24H24O3. The zero-order chi connectivity index (χ0) is 18.9. The topological polar surface area (TPSA) is 49.7 Å². The van der Waals surface area contributed by atoms with E-state index < -0.39 is 18.3 Å². The van der Waals surface area contributed by atoms with E-state index in [0.717, 1.165) is 11.1 Å². The number of rotatable bonds is 8. The van der Waals surface area contributed by atoms with Crippen molar-refractivity contribution in [2.24, 2.45) is 0 Å². The van der Waals surface area contributed by atoms with Crippen molar-refractivity contribution in [1.82, 2.24) is 0 Å². The van der Waals surface area contributed by atoms with E-state index in [1.807, 2.05) is 84.9 Å². The van der Waals surface area contributed by atoms with Gasteiger partial charge in [-0.1, -0.05) is 103 Å². The number of aliphatic hydroxyl groups is 2. The summed E-state index contributed by atoms with van der Waals surface area (Å²) in [4.78, 5) is 0. The molecule has 3 rings (SSSR count). The van der Waals surface area contributed by atoms with E-state index in [-0.39, 0.29) is 0 Å². The van der Waals surface area contributed by atoms with Crippen molar-refractivity contribution in [2.45, 2.75) is 24.9 Å². The molecule has 0 aliphatic carbocycles. The number of benzene rings is 3. The van der Waals surface area contributed by atoms with Gasteiger partial charge in [0.15, 0.2) is 0 Å². The van der Waals surface area contributed by atoms with Gasteiger partial charge >= 0.3 is 0 Å². The Kier molecular flexibility index (Phi) is 6.94. The van der Waals surface area contributed by atoms with Crippen molar-refractivity contribution in [3.8, 4) is 0 Å². The van der Waals surface area contributed by atoms with Crippen molar-refractivity contribution in [3.63, 3.8) is 0 Å². The molecule has 3 heteroatoms. The third kappa shape index (κ3) is 5.63. The first-order valence-electron chi connectivity index (χ1n) is 9.04. The Hall–Kier alpha value is -2.72. The van der Waals surface area contributed by atoms with Gasteiger partial charge in [0.25, 0.3) is 0 Å². The summed E-state index contributed by atoms with van der Waals surface area (Å²) in [5, 5.41) is 21.4. The van der Waals surface area contributed by atoms with Crippen LogP contribution in [-0.2, 0) is 11.3 Å². The van der Waals surface area contributed by atoms with Crippen LogP contribution < -0.4 is 0 Å². The van der Waals surface area contributed by atoms with Gasteiger partial charge in [0, 0.05) is 0 Å². The van der Waals surface area contributed by atoms with Crippen LogP contribution in [0.1, 0.15) is 22.8 Å². The molecule has 0 radical (unpaired) electrons. The molecular weight excluding hydrogens is 336 g/mol. The van der Waals surface area contributed by atoms with E-state index in [1.165, 1.54) is 0 Å². The fourth-order valence-electron chi connectivity index (χ4n) is 2.83. The lowest BCUT2D eigenvalue weighted by Crippen LogP contribution is -2.33. The Bertz CT molecular complexity index is 816. The van der Waals surface area contributed by atoms with Crippen molar-refractivity contribution >= 4 is 6.08 Å². The Labute approximate surface area is 160 Å². The zero-order valence-electron chi connectivity index (χ0n) is 15.1. The molecule has 3 aromatic rings. The first kappa shape index (κ1) is 19.1. The lowest BCUT2D eigenvalue weighted by atomic mass is 9.99. The van der Waals surface area contributed by atoms with Gasteiger partial charge in [0.05, 0.1) is 6.61 Å². The molecule has 0 saturated heterocycles. The summed E-state index contributed by atoms with van der Waals surface area (Å²) < 4.78 is 5.96. The van der Waals surface area contributed by atoms with Gasteiger partial charge < -0.3 is 14.9 Å². The SMILES string of the molecule is O[C@H]([C@@H](/C=C/c1ccccc1)OCc1ccccc1)[C@@H](O)c1ccccc1. The minimum atomic E-state index is -1.09. The Morgan fingerprint density at radius 3 is 1.93 bits per heavy atom. The molecule has 0 saturated carbocycles. The summed E-state index contributed by atoms with van der Waals surface area (Å²) in [5.74, 6) is 0. The second-order valence-corrected chi connectivity index (χ2v) is 6.38. The highest BCUT2D eigenvalue weighted by molar-refractivity contribution is 5.49. The maximum atomic E-state index is 10.8. The molecule has 2 N–H and O–H groups in total. The van der Waals surface area contributed by atoms with Gasteiger partial charge in [-0.05, 0) is 16.7 Å². The second kappa shape index (κ2) is 9.83. The molecule has 0 aromatic heterocycles. The average Bonchev–Trinajstić information content (AvgIpc) is 2.75. The fraction of sp³-hybridized carbons (Fsp3) is 0.167. The van der Waals surface area contributed by atoms with Gasteiger partial charge in [-0.15, -0.1) is 0 Å². The molecule has 3 nitrogen and oxygen atoms in total. The van der Waals surface area contributed by atoms with Crippen molar-refractivity contribution in [3.05, 3.63) is 114 Å². The van der Waals surface area contributed by atoms with Gasteiger partial charge in [-0.25, -0.2) is 0 Å². The lowest BCUT2D eigenvalue weighted by Gasteiger charge is -2.25. The quantitative estimate of drug-likeness (QED) is 0.627. The number of ether oxygens (including phenoxy) is 1. The van der Waals surface area contributed by atoms with Crippen molar-refractivity contribution in [2.75, 3.05) is 0 Å². The van der Waals surface area contributed by atoms with Crippen LogP contribution in [0.5, 0.6) is 0 Å². The van der Waals surface area contributed by atoms with Gasteiger partial charge in [0.1, 0.15) is 18.3 Å². The van der Waals surface area contributed by atoms with Crippen LogP contribution in [0.15, 0.2) is 97.1 Å². The van der Waals surface area contributed by atoms with Crippen LogP contribution in [-0.4, -0.2) is 22.4 Å². The molecule has 0 spiro atoms. The monoisotopic (exact) mass is 360 g/mol. The summed E-state index contributed by atoms with van der Waals surface area (Å²) in [5.41, 5.74) is 2.68. The van der Waals surface area contributed by atoms with Crippen molar-refractivity contribution < 1.29 is 14.9 Å². The van der Waals surface area contributed by atoms with E-state index in [9.17, 15) is 10.2 Å². The molecule has 0 aliphatic heterocycles. The summed E-state index contributed by atoms with van der Waals surface area (Å²) in [6, 6.07) is 28.7. The molecule has 0 fully saturated rings. The van der Waals surface area contributed by atoms with Crippen LogP contribution in [0, 0.1) is 0 Å². The Morgan fingerprint density at radius 2 is 1.30 bits per heavy atom. The fourth-order valence-corrected chi connectivity index (χ4v) is 2.83. The molecule has 3 atom stereocenters. The van der Waals surface area contributed by atoms with E-state index in [2.05, 4.69) is 0 Å². The molecule has 0 amide bonds. The van der Waals surface area contributed by atoms with E-state index in [1.54, 1.807) is 18.2 Å². The highest BCUT2D eigenvalue weighted by Gasteiger charge is 2.26. The number of hydrogen-bond donors (Lipinski definition) is 2. The van der Waals surface area contributed by atoms with E-state index in [4.69, 9.17) is 4.74 Å². The lowest BCUT2D eigenvalue weighted by molar-refractivity contribution is -0.0763. The Balaban J connectivity index is 1.76. The van der Waals surface area contributed by atoms with Crippen LogP contribution in [0.25, 0.3) is 6.08 Å². The van der Waals surface area contributed by atoms with Crippen LogP contribution in [0.3, 0.4) is 0 Å². The van der Waals surface area contributed by atoms with E-state index >= 15 is 0 Å². The predicted octanol–water partition coefficient (Wildman–Crippen LogP) is 4.38. The molecule has 3 aromatic carbocycles. The van der Waals surface area contributed by atoms with Crippen molar-refractivity contribution in [1.29, 1.82) is 0 Å². The molecule has 0 aliphatic rings. The second-order valence-electron chi connectivity index (χ2n) is 6.38. The van der Waals surface area contributed by atoms with Crippen LogP contribution in [0.2, 0.25) is 0 Å². The maximum Gasteiger partial charge on any atom is 0.114 e.